The van der Waals surface area contributed by atoms with E-state index >= 15 is 0 Å². The Labute approximate surface area is 115 Å². The highest BCUT2D eigenvalue weighted by Crippen LogP contribution is 2.13. The summed E-state index contributed by atoms with van der Waals surface area (Å²) in [6.07, 6.45) is 3.85. The topological polar surface area (TPSA) is 57.6 Å². The zero-order valence-corrected chi connectivity index (χ0v) is 12.0. The van der Waals surface area contributed by atoms with E-state index in [0.29, 0.717) is 25.8 Å². The van der Waals surface area contributed by atoms with Gasteiger partial charge in [-0.3, -0.25) is 9.59 Å². The molecule has 0 radical (unpaired) electrons. The molecule has 0 aromatic carbocycles. The number of carbonyl (C=O) groups is 2. The molecule has 0 aromatic rings. The Morgan fingerprint density at radius 2 is 1.79 bits per heavy atom. The number of aliphatic carboxylic acids is 1. The van der Waals surface area contributed by atoms with Crippen LogP contribution in [0.25, 0.3) is 0 Å². The lowest BCUT2D eigenvalue weighted by Crippen LogP contribution is -2.35. The molecule has 0 bridgehead atoms. The number of unbranched alkanes of at least 4 members (excludes halogenated alkanes) is 2. The molecule has 0 spiro atoms. The molecular weight excluding hydrogens is 249 g/mol. The van der Waals surface area contributed by atoms with Crippen molar-refractivity contribution in [1.29, 1.82) is 0 Å². The van der Waals surface area contributed by atoms with Crippen LogP contribution in [0.2, 0.25) is 0 Å². The number of amides is 1. The second-order valence-electron chi connectivity index (χ2n) is 4.79. The summed E-state index contributed by atoms with van der Waals surface area (Å²) in [4.78, 5) is 23.5. The van der Waals surface area contributed by atoms with Crippen LogP contribution in [0, 0.1) is 0 Å². The molecule has 0 saturated heterocycles. The largest absolute Gasteiger partial charge is 0.480 e. The molecule has 0 aliphatic carbocycles. The molecule has 19 heavy (non-hydrogen) atoms. The fourth-order valence-corrected chi connectivity index (χ4v) is 1.93. The number of rotatable bonds is 11. The van der Waals surface area contributed by atoms with Crippen molar-refractivity contribution < 1.29 is 19.1 Å². The fourth-order valence-electron chi connectivity index (χ4n) is 1.93. The molecule has 4 nitrogen and oxygen atoms in total. The van der Waals surface area contributed by atoms with Crippen LogP contribution >= 0.6 is 0 Å². The molecule has 0 aliphatic heterocycles. The van der Waals surface area contributed by atoms with Gasteiger partial charge in [-0.15, -0.1) is 0 Å². The van der Waals surface area contributed by atoms with E-state index in [1.165, 1.54) is 4.90 Å². The van der Waals surface area contributed by atoms with Gasteiger partial charge >= 0.3 is 5.97 Å². The van der Waals surface area contributed by atoms with E-state index in [2.05, 4.69) is 6.92 Å². The molecule has 1 atom stereocenters. The summed E-state index contributed by atoms with van der Waals surface area (Å²) < 4.78 is 13.5. The van der Waals surface area contributed by atoms with Gasteiger partial charge in [-0.05, 0) is 26.2 Å². The van der Waals surface area contributed by atoms with E-state index < -0.39 is 12.1 Å². The predicted octanol–water partition coefficient (Wildman–Crippen LogP) is 3.01. The molecule has 0 heterocycles. The molecule has 112 valence electrons. The van der Waals surface area contributed by atoms with Crippen molar-refractivity contribution in [3.05, 3.63) is 0 Å². The van der Waals surface area contributed by atoms with Crippen molar-refractivity contribution in [1.82, 2.24) is 4.90 Å². The van der Waals surface area contributed by atoms with Gasteiger partial charge in [0.2, 0.25) is 5.91 Å². The molecule has 1 N–H and O–H groups in total. The van der Waals surface area contributed by atoms with Crippen molar-refractivity contribution in [2.75, 3.05) is 13.1 Å². The van der Waals surface area contributed by atoms with Crippen molar-refractivity contribution in [3.63, 3.8) is 0 Å². The van der Waals surface area contributed by atoms with Crippen molar-refractivity contribution >= 4 is 11.9 Å². The van der Waals surface area contributed by atoms with Gasteiger partial charge in [0.05, 0.1) is 0 Å². The van der Waals surface area contributed by atoms with Gasteiger partial charge in [-0.25, -0.2) is 4.39 Å². The first kappa shape index (κ1) is 17.9. The summed E-state index contributed by atoms with van der Waals surface area (Å²) in [5.41, 5.74) is 0. The Morgan fingerprint density at radius 1 is 1.16 bits per heavy atom. The van der Waals surface area contributed by atoms with E-state index in [0.717, 1.165) is 19.3 Å². The molecule has 5 heteroatoms. The van der Waals surface area contributed by atoms with Crippen LogP contribution in [-0.2, 0) is 9.59 Å². The summed E-state index contributed by atoms with van der Waals surface area (Å²) in [6, 6.07) is 0. The number of alkyl halides is 1. The van der Waals surface area contributed by atoms with Crippen molar-refractivity contribution in [3.8, 4) is 0 Å². The van der Waals surface area contributed by atoms with Crippen LogP contribution in [0.1, 0.15) is 58.8 Å². The maximum atomic E-state index is 13.5. The van der Waals surface area contributed by atoms with Gasteiger partial charge in [0.1, 0.15) is 12.7 Å². The van der Waals surface area contributed by atoms with E-state index in [4.69, 9.17) is 5.11 Å². The number of hydrogen-bond donors (Lipinski definition) is 1. The summed E-state index contributed by atoms with van der Waals surface area (Å²) >= 11 is 0. The number of carboxylic acid groups (broad SMARTS) is 1. The van der Waals surface area contributed by atoms with Gasteiger partial charge < -0.3 is 10.0 Å². The lowest BCUT2D eigenvalue weighted by Gasteiger charge is -2.18. The average molecular weight is 275 g/mol. The minimum atomic E-state index is -1.02. The molecule has 0 rings (SSSR count). The van der Waals surface area contributed by atoms with E-state index in [-0.39, 0.29) is 18.9 Å². The van der Waals surface area contributed by atoms with Crippen molar-refractivity contribution in [2.45, 2.75) is 65.0 Å². The molecular formula is C14H26FNO3. The second-order valence-corrected chi connectivity index (χ2v) is 4.79. The number of likely N-dealkylation sites (N-methyl/N-ethyl adjacent to an activating group) is 1. The summed E-state index contributed by atoms with van der Waals surface area (Å²) in [5, 5.41) is 8.64. The van der Waals surface area contributed by atoms with Crippen LogP contribution in [0.5, 0.6) is 0 Å². The summed E-state index contributed by atoms with van der Waals surface area (Å²) in [6.45, 7) is 3.92. The van der Waals surface area contributed by atoms with Crippen LogP contribution in [0.3, 0.4) is 0 Å². The summed E-state index contributed by atoms with van der Waals surface area (Å²) in [5.74, 6) is -1.22. The monoisotopic (exact) mass is 275 g/mol. The lowest BCUT2D eigenvalue weighted by atomic mass is 10.1. The van der Waals surface area contributed by atoms with E-state index in [1.54, 1.807) is 6.92 Å². The van der Waals surface area contributed by atoms with Crippen LogP contribution < -0.4 is 0 Å². The van der Waals surface area contributed by atoms with Crippen LogP contribution in [-0.4, -0.2) is 41.1 Å². The van der Waals surface area contributed by atoms with Gasteiger partial charge in [0, 0.05) is 13.0 Å². The number of nitrogens with zero attached hydrogens (tertiary/aromatic N) is 1. The Bertz CT molecular complexity index is 271. The van der Waals surface area contributed by atoms with Crippen LogP contribution in [0.4, 0.5) is 4.39 Å². The van der Waals surface area contributed by atoms with Gasteiger partial charge in [-0.1, -0.05) is 26.2 Å². The molecule has 1 amide bonds. The van der Waals surface area contributed by atoms with Gasteiger partial charge in [0.25, 0.3) is 0 Å². The fraction of sp³-hybridized carbons (Fsp3) is 0.857. The number of halogens is 1. The highest BCUT2D eigenvalue weighted by atomic mass is 19.1. The van der Waals surface area contributed by atoms with Crippen LogP contribution in [0.15, 0.2) is 0 Å². The zero-order chi connectivity index (χ0) is 14.7. The van der Waals surface area contributed by atoms with E-state index in [9.17, 15) is 14.0 Å². The van der Waals surface area contributed by atoms with E-state index in [1.807, 2.05) is 0 Å². The Balaban J connectivity index is 3.79. The third-order valence-electron chi connectivity index (χ3n) is 3.09. The zero-order valence-electron chi connectivity index (χ0n) is 12.0. The molecule has 1 unspecified atom stereocenters. The smallest absolute Gasteiger partial charge is 0.323 e. The minimum Gasteiger partial charge on any atom is -0.480 e. The standard InChI is InChI=1S/C14H26FNO3/c1-3-5-6-8-12(15)9-7-10-13(17)16(4-2)11-14(18)19/h12H,3-11H2,1-2H3,(H,18,19). The second kappa shape index (κ2) is 10.8. The maximum absolute atomic E-state index is 13.5. The third kappa shape index (κ3) is 9.45. The first-order valence-corrected chi connectivity index (χ1v) is 7.14. The van der Waals surface area contributed by atoms with Gasteiger partial charge in [-0.2, -0.15) is 0 Å². The molecule has 0 fully saturated rings. The summed E-state index contributed by atoms with van der Waals surface area (Å²) in [7, 11) is 0. The molecule has 0 aliphatic rings. The Hall–Kier alpha value is -1.13. The maximum Gasteiger partial charge on any atom is 0.323 e. The number of carboxylic acids is 1. The lowest BCUT2D eigenvalue weighted by molar-refractivity contribution is -0.144. The SMILES string of the molecule is CCCCCC(F)CCCC(=O)N(CC)CC(=O)O. The Morgan fingerprint density at radius 3 is 2.32 bits per heavy atom. The first-order valence-electron chi connectivity index (χ1n) is 7.14. The van der Waals surface area contributed by atoms with Crippen molar-refractivity contribution in [2.24, 2.45) is 0 Å². The highest BCUT2D eigenvalue weighted by Gasteiger charge is 2.15. The normalized spacial score (nSPS) is 12.2. The molecule has 0 saturated carbocycles. The molecule has 0 aromatic heterocycles. The first-order chi connectivity index (χ1) is 9.01. The average Bonchev–Trinajstić information content (AvgIpc) is 2.35. The highest BCUT2D eigenvalue weighted by molar-refractivity contribution is 5.81. The number of carbonyl (C=O) groups excluding carboxylic acids is 1. The number of hydrogen-bond acceptors (Lipinski definition) is 2. The third-order valence-corrected chi connectivity index (χ3v) is 3.09. The van der Waals surface area contributed by atoms with Gasteiger partial charge in [0.15, 0.2) is 0 Å². The minimum absolute atomic E-state index is 0.203. The Kier molecular flexibility index (Phi) is 10.1. The predicted molar refractivity (Wildman–Crippen MR) is 72.8 cm³/mol. The quantitative estimate of drug-likeness (QED) is 0.590.